The van der Waals surface area contributed by atoms with Crippen molar-refractivity contribution >= 4 is 28.1 Å². The number of thiazole rings is 1. The second-order valence-electron chi connectivity index (χ2n) is 6.36. The first-order valence-corrected chi connectivity index (χ1v) is 9.67. The van der Waals surface area contributed by atoms with Crippen LogP contribution in [0.2, 0.25) is 0 Å². The highest BCUT2D eigenvalue weighted by atomic mass is 32.1. The molecular formula is C21H23N3O2S. The van der Waals surface area contributed by atoms with Crippen LogP contribution in [0.5, 0.6) is 5.75 Å². The molecular weight excluding hydrogens is 358 g/mol. The van der Waals surface area contributed by atoms with Gasteiger partial charge in [0.2, 0.25) is 5.91 Å². The molecule has 1 amide bonds. The molecule has 6 heteroatoms. The summed E-state index contributed by atoms with van der Waals surface area (Å²) in [5.41, 5.74) is 2.75. The number of hydrogen-bond acceptors (Lipinski definition) is 5. The summed E-state index contributed by atoms with van der Waals surface area (Å²) in [4.78, 5) is 19.1. The molecule has 0 atom stereocenters. The second kappa shape index (κ2) is 8.68. The molecule has 5 nitrogen and oxygen atoms in total. The van der Waals surface area contributed by atoms with Crippen molar-refractivity contribution < 1.29 is 9.53 Å². The molecule has 3 aromatic rings. The lowest BCUT2D eigenvalue weighted by Crippen LogP contribution is -2.38. The maximum absolute atomic E-state index is 12.5. The number of carbonyl (C=O) groups excluding carboxylic acids is 1. The topological polar surface area (TPSA) is 54.5 Å². The number of hydrogen-bond donors (Lipinski definition) is 1. The molecule has 0 spiro atoms. The summed E-state index contributed by atoms with van der Waals surface area (Å²) < 4.78 is 5.51. The molecule has 0 saturated heterocycles. The van der Waals surface area contributed by atoms with E-state index < -0.39 is 0 Å². The fraction of sp³-hybridized carbons (Fsp3) is 0.238. The molecule has 2 aromatic carbocycles. The number of benzene rings is 2. The number of anilines is 2. The molecule has 0 aliphatic carbocycles. The minimum atomic E-state index is -0.0626. The minimum absolute atomic E-state index is 0.0626. The molecule has 140 valence electrons. The van der Waals surface area contributed by atoms with Gasteiger partial charge >= 0.3 is 0 Å². The van der Waals surface area contributed by atoms with E-state index >= 15 is 0 Å². The van der Waals surface area contributed by atoms with Gasteiger partial charge < -0.3 is 15.0 Å². The van der Waals surface area contributed by atoms with Crippen LogP contribution in [0.25, 0.3) is 11.3 Å². The number of nitrogens with one attached hydrogen (secondary N) is 1. The molecule has 0 bridgehead atoms. The first-order chi connectivity index (χ1) is 13.1. The molecule has 0 unspecified atom stereocenters. The molecule has 27 heavy (non-hydrogen) atoms. The monoisotopic (exact) mass is 381 g/mol. The Morgan fingerprint density at radius 3 is 2.56 bits per heavy atom. The Morgan fingerprint density at radius 1 is 1.15 bits per heavy atom. The Labute approximate surface area is 163 Å². The molecule has 0 saturated carbocycles. The van der Waals surface area contributed by atoms with E-state index in [0.717, 1.165) is 22.1 Å². The summed E-state index contributed by atoms with van der Waals surface area (Å²) in [6.07, 6.45) is 0. The molecule has 1 aromatic heterocycles. The van der Waals surface area contributed by atoms with Crippen LogP contribution < -0.4 is 15.0 Å². The number of para-hydroxylation sites is 2. The standard InChI is InChI=1S/C21H23N3O2S/c1-15(2)22-20(25)13-24(18-11-7-8-12-19(18)26-3)21-23-17(14-27-21)16-9-5-4-6-10-16/h4-12,14-15H,13H2,1-3H3,(H,22,25). The molecule has 1 heterocycles. The highest BCUT2D eigenvalue weighted by Gasteiger charge is 2.21. The Hall–Kier alpha value is -2.86. The van der Waals surface area contributed by atoms with E-state index in [0.29, 0.717) is 5.75 Å². The third-order valence-electron chi connectivity index (χ3n) is 3.92. The zero-order chi connectivity index (χ0) is 19.2. The number of ether oxygens (including phenoxy) is 1. The molecule has 0 aliphatic heterocycles. The highest BCUT2D eigenvalue weighted by molar-refractivity contribution is 7.14. The van der Waals surface area contributed by atoms with Crippen LogP contribution in [0.4, 0.5) is 10.8 Å². The first kappa shape index (κ1) is 18.9. The molecule has 0 radical (unpaired) electrons. The van der Waals surface area contributed by atoms with E-state index in [9.17, 15) is 4.79 Å². The predicted molar refractivity (Wildman–Crippen MR) is 111 cm³/mol. The van der Waals surface area contributed by atoms with Gasteiger partial charge in [-0.2, -0.15) is 0 Å². The van der Waals surface area contributed by atoms with E-state index in [2.05, 4.69) is 5.32 Å². The Bertz CT molecular complexity index is 893. The van der Waals surface area contributed by atoms with Crippen molar-refractivity contribution in [3.63, 3.8) is 0 Å². The average molecular weight is 382 g/mol. The van der Waals surface area contributed by atoms with Crippen LogP contribution in [0.15, 0.2) is 60.0 Å². The van der Waals surface area contributed by atoms with E-state index in [-0.39, 0.29) is 18.5 Å². The SMILES string of the molecule is COc1ccccc1N(CC(=O)NC(C)C)c1nc(-c2ccccc2)cs1. The number of amides is 1. The largest absolute Gasteiger partial charge is 0.495 e. The number of methoxy groups -OCH3 is 1. The van der Waals surface area contributed by atoms with Crippen molar-refractivity contribution in [2.24, 2.45) is 0 Å². The number of aromatic nitrogens is 1. The summed E-state index contributed by atoms with van der Waals surface area (Å²) in [5.74, 6) is 0.638. The molecule has 0 fully saturated rings. The van der Waals surface area contributed by atoms with Crippen molar-refractivity contribution in [1.82, 2.24) is 10.3 Å². The fourth-order valence-electron chi connectivity index (χ4n) is 2.75. The van der Waals surface area contributed by atoms with E-state index in [1.165, 1.54) is 11.3 Å². The van der Waals surface area contributed by atoms with Crippen molar-refractivity contribution in [3.8, 4) is 17.0 Å². The van der Waals surface area contributed by atoms with Gasteiger partial charge in [-0.3, -0.25) is 4.79 Å². The van der Waals surface area contributed by atoms with Crippen LogP contribution >= 0.6 is 11.3 Å². The Balaban J connectivity index is 1.97. The number of nitrogens with zero attached hydrogens (tertiary/aromatic N) is 2. The maximum Gasteiger partial charge on any atom is 0.240 e. The van der Waals surface area contributed by atoms with Crippen LogP contribution in [0.3, 0.4) is 0 Å². The fourth-order valence-corrected chi connectivity index (χ4v) is 3.60. The number of rotatable bonds is 7. The lowest BCUT2D eigenvalue weighted by atomic mass is 10.2. The normalized spacial score (nSPS) is 10.7. The van der Waals surface area contributed by atoms with Crippen molar-refractivity contribution in [1.29, 1.82) is 0 Å². The molecule has 0 aliphatic rings. The van der Waals surface area contributed by atoms with Gasteiger partial charge in [0.05, 0.1) is 18.5 Å². The highest BCUT2D eigenvalue weighted by Crippen LogP contribution is 2.36. The summed E-state index contributed by atoms with van der Waals surface area (Å²) in [6, 6.07) is 17.7. The molecule has 1 N–H and O–H groups in total. The van der Waals surface area contributed by atoms with Crippen LogP contribution in [0.1, 0.15) is 13.8 Å². The van der Waals surface area contributed by atoms with Gasteiger partial charge in [-0.25, -0.2) is 4.98 Å². The maximum atomic E-state index is 12.5. The van der Waals surface area contributed by atoms with Crippen LogP contribution in [-0.4, -0.2) is 30.6 Å². The van der Waals surface area contributed by atoms with Gasteiger partial charge in [-0.1, -0.05) is 42.5 Å². The van der Waals surface area contributed by atoms with Crippen LogP contribution in [-0.2, 0) is 4.79 Å². The summed E-state index contributed by atoms with van der Waals surface area (Å²) >= 11 is 1.51. The third-order valence-corrected chi connectivity index (χ3v) is 4.78. The smallest absolute Gasteiger partial charge is 0.240 e. The minimum Gasteiger partial charge on any atom is -0.495 e. The summed E-state index contributed by atoms with van der Waals surface area (Å²) in [5, 5.41) is 5.70. The average Bonchev–Trinajstić information content (AvgIpc) is 3.16. The van der Waals surface area contributed by atoms with Gasteiger partial charge in [-0.15, -0.1) is 11.3 Å². The quantitative estimate of drug-likeness (QED) is 0.655. The van der Waals surface area contributed by atoms with Crippen LogP contribution in [0, 0.1) is 0 Å². The van der Waals surface area contributed by atoms with E-state index in [1.807, 2.05) is 78.7 Å². The lowest BCUT2D eigenvalue weighted by molar-refractivity contribution is -0.120. The zero-order valence-electron chi connectivity index (χ0n) is 15.7. The van der Waals surface area contributed by atoms with Crippen molar-refractivity contribution in [2.45, 2.75) is 19.9 Å². The number of carbonyl (C=O) groups is 1. The Morgan fingerprint density at radius 2 is 1.85 bits per heavy atom. The van der Waals surface area contributed by atoms with Gasteiger partial charge in [-0.05, 0) is 26.0 Å². The second-order valence-corrected chi connectivity index (χ2v) is 7.20. The Kier molecular flexibility index (Phi) is 6.08. The zero-order valence-corrected chi connectivity index (χ0v) is 16.5. The van der Waals surface area contributed by atoms with E-state index in [1.54, 1.807) is 7.11 Å². The summed E-state index contributed by atoms with van der Waals surface area (Å²) in [6.45, 7) is 4.06. The van der Waals surface area contributed by atoms with Crippen molar-refractivity contribution in [2.75, 3.05) is 18.6 Å². The third kappa shape index (κ3) is 4.65. The van der Waals surface area contributed by atoms with Gasteiger partial charge in [0.15, 0.2) is 5.13 Å². The first-order valence-electron chi connectivity index (χ1n) is 8.79. The van der Waals surface area contributed by atoms with Crippen molar-refractivity contribution in [3.05, 3.63) is 60.0 Å². The molecule has 3 rings (SSSR count). The predicted octanol–water partition coefficient (Wildman–Crippen LogP) is 4.48. The lowest BCUT2D eigenvalue weighted by Gasteiger charge is -2.24. The van der Waals surface area contributed by atoms with E-state index in [4.69, 9.17) is 9.72 Å². The summed E-state index contributed by atoms with van der Waals surface area (Å²) in [7, 11) is 1.63. The van der Waals surface area contributed by atoms with Gasteiger partial charge in [0.25, 0.3) is 0 Å². The van der Waals surface area contributed by atoms with Gasteiger partial charge in [0.1, 0.15) is 12.3 Å². The van der Waals surface area contributed by atoms with Gasteiger partial charge in [0, 0.05) is 17.0 Å².